The van der Waals surface area contributed by atoms with Crippen LogP contribution in [0, 0.1) is 0 Å². The summed E-state index contributed by atoms with van der Waals surface area (Å²) in [5.74, 6) is 0. The molecule has 1 heterocycles. The molecule has 128 valence electrons. The van der Waals surface area contributed by atoms with E-state index in [1.807, 2.05) is 18.2 Å². The first-order chi connectivity index (χ1) is 11.6. The number of nitrogens with zero attached hydrogens (tertiary/aromatic N) is 2. The van der Waals surface area contributed by atoms with Gasteiger partial charge in [0.15, 0.2) is 0 Å². The van der Waals surface area contributed by atoms with Gasteiger partial charge in [-0.2, -0.15) is 0 Å². The summed E-state index contributed by atoms with van der Waals surface area (Å²) >= 11 is 3.49. The fraction of sp³-hybridized carbons (Fsp3) is 0.368. The first-order valence-electron chi connectivity index (χ1n) is 8.38. The summed E-state index contributed by atoms with van der Waals surface area (Å²) in [4.78, 5) is 4.91. The van der Waals surface area contributed by atoms with Gasteiger partial charge in [-0.1, -0.05) is 40.2 Å². The Morgan fingerprint density at radius 1 is 1.04 bits per heavy atom. The van der Waals surface area contributed by atoms with Crippen LogP contribution in [0.2, 0.25) is 0 Å². The Balaban J connectivity index is 1.60. The highest BCUT2D eigenvalue weighted by molar-refractivity contribution is 9.10. The molecule has 0 spiro atoms. The molecule has 1 aliphatic heterocycles. The van der Waals surface area contributed by atoms with Crippen molar-refractivity contribution in [1.29, 1.82) is 0 Å². The molecule has 1 aliphatic rings. The van der Waals surface area contributed by atoms with E-state index in [2.05, 4.69) is 62.4 Å². The Labute approximate surface area is 152 Å². The molecule has 0 unspecified atom stereocenters. The minimum atomic E-state index is 0.770. The summed E-state index contributed by atoms with van der Waals surface area (Å²) in [5.41, 5.74) is 10.4. The number of hydrogen-bond donors (Lipinski definition) is 2. The molecule has 24 heavy (non-hydrogen) atoms. The van der Waals surface area contributed by atoms with Crippen molar-refractivity contribution in [3.05, 3.63) is 58.1 Å². The predicted octanol–water partition coefficient (Wildman–Crippen LogP) is 3.39. The van der Waals surface area contributed by atoms with Crippen molar-refractivity contribution in [1.82, 2.24) is 9.80 Å². The first kappa shape index (κ1) is 17.3. The van der Waals surface area contributed by atoms with Crippen molar-refractivity contribution in [3.8, 4) is 0 Å². The van der Waals surface area contributed by atoms with Crippen LogP contribution in [0.5, 0.6) is 0 Å². The predicted molar refractivity (Wildman–Crippen MR) is 105 cm³/mol. The molecule has 3 N–H and O–H groups in total. The zero-order valence-electron chi connectivity index (χ0n) is 14.1. The summed E-state index contributed by atoms with van der Waals surface area (Å²) < 4.78 is 1.03. The van der Waals surface area contributed by atoms with E-state index in [9.17, 15) is 0 Å². The maximum absolute atomic E-state index is 6.02. The van der Waals surface area contributed by atoms with Gasteiger partial charge in [-0.05, 0) is 36.4 Å². The van der Waals surface area contributed by atoms with Crippen molar-refractivity contribution in [3.63, 3.8) is 0 Å². The monoisotopic (exact) mass is 388 g/mol. The van der Waals surface area contributed by atoms with Crippen LogP contribution >= 0.6 is 15.9 Å². The summed E-state index contributed by atoms with van der Waals surface area (Å²) in [6, 6.07) is 14.7. The maximum Gasteiger partial charge on any atom is 0.0587 e. The minimum absolute atomic E-state index is 0.770. The molecule has 3 rings (SSSR count). The zero-order valence-corrected chi connectivity index (χ0v) is 15.7. The lowest BCUT2D eigenvalue weighted by Gasteiger charge is -2.32. The average molecular weight is 389 g/mol. The number of hydrogen-bond acceptors (Lipinski definition) is 4. The molecule has 4 nitrogen and oxygen atoms in total. The minimum Gasteiger partial charge on any atom is -0.397 e. The molecule has 0 radical (unpaired) electrons. The van der Waals surface area contributed by atoms with Gasteiger partial charge in [0, 0.05) is 43.7 Å². The van der Waals surface area contributed by atoms with Crippen LogP contribution in [-0.4, -0.2) is 43.0 Å². The Morgan fingerprint density at radius 3 is 2.58 bits per heavy atom. The molecule has 0 amide bonds. The third-order valence-corrected chi connectivity index (χ3v) is 4.99. The van der Waals surface area contributed by atoms with Gasteiger partial charge in [0.25, 0.3) is 0 Å². The summed E-state index contributed by atoms with van der Waals surface area (Å²) in [7, 11) is 2.19. The van der Waals surface area contributed by atoms with E-state index in [0.717, 1.165) is 55.1 Å². The number of nitrogen functional groups attached to an aromatic ring is 1. The largest absolute Gasteiger partial charge is 0.397 e. The number of benzene rings is 2. The number of piperazine rings is 1. The van der Waals surface area contributed by atoms with Gasteiger partial charge in [0.05, 0.1) is 11.4 Å². The van der Waals surface area contributed by atoms with Crippen LogP contribution in [0.3, 0.4) is 0 Å². The van der Waals surface area contributed by atoms with E-state index in [-0.39, 0.29) is 0 Å². The maximum atomic E-state index is 6.02. The van der Waals surface area contributed by atoms with Crippen LogP contribution < -0.4 is 11.1 Å². The summed E-state index contributed by atoms with van der Waals surface area (Å²) in [6.45, 7) is 6.41. The molecule has 0 aromatic heterocycles. The van der Waals surface area contributed by atoms with Crippen LogP contribution in [0.1, 0.15) is 11.1 Å². The van der Waals surface area contributed by atoms with Crippen molar-refractivity contribution >= 4 is 27.3 Å². The van der Waals surface area contributed by atoms with E-state index in [1.165, 1.54) is 11.1 Å². The average Bonchev–Trinajstić information content (AvgIpc) is 2.58. The molecule has 1 fully saturated rings. The number of halogens is 1. The Hall–Kier alpha value is -1.56. The van der Waals surface area contributed by atoms with Gasteiger partial charge in [0.1, 0.15) is 0 Å². The molecule has 0 saturated carbocycles. The summed E-state index contributed by atoms with van der Waals surface area (Å²) in [5, 5.41) is 3.43. The summed E-state index contributed by atoms with van der Waals surface area (Å²) in [6.07, 6.45) is 0. The van der Waals surface area contributed by atoms with E-state index >= 15 is 0 Å². The topological polar surface area (TPSA) is 44.5 Å². The second-order valence-electron chi connectivity index (χ2n) is 6.48. The standard InChI is InChI=1S/C19H25BrN4/c1-23-7-9-24(10-8-23)14-16-4-2-3-15(11-16)13-22-19-12-17(20)5-6-18(19)21/h2-6,11-12,22H,7-10,13-14,21H2,1H3. The number of nitrogens with two attached hydrogens (primary N) is 1. The number of likely N-dealkylation sites (N-methyl/N-ethyl adjacent to an activating group) is 1. The Bertz CT molecular complexity index is 681. The van der Waals surface area contributed by atoms with E-state index in [1.54, 1.807) is 0 Å². The number of nitrogens with one attached hydrogen (secondary N) is 1. The highest BCUT2D eigenvalue weighted by atomic mass is 79.9. The Kier molecular flexibility index (Phi) is 5.76. The SMILES string of the molecule is CN1CCN(Cc2cccc(CNc3cc(Br)ccc3N)c2)CC1. The van der Waals surface area contributed by atoms with E-state index in [0.29, 0.717) is 0 Å². The molecular weight excluding hydrogens is 364 g/mol. The van der Waals surface area contributed by atoms with Gasteiger partial charge in [-0.3, -0.25) is 4.90 Å². The van der Waals surface area contributed by atoms with E-state index in [4.69, 9.17) is 5.73 Å². The van der Waals surface area contributed by atoms with Gasteiger partial charge in [-0.25, -0.2) is 0 Å². The quantitative estimate of drug-likeness (QED) is 0.770. The van der Waals surface area contributed by atoms with Crippen molar-refractivity contribution in [2.45, 2.75) is 13.1 Å². The van der Waals surface area contributed by atoms with Crippen molar-refractivity contribution in [2.24, 2.45) is 0 Å². The van der Waals surface area contributed by atoms with Gasteiger partial charge < -0.3 is 16.0 Å². The Morgan fingerprint density at radius 2 is 1.79 bits per heavy atom. The molecule has 2 aromatic carbocycles. The van der Waals surface area contributed by atoms with E-state index < -0.39 is 0 Å². The number of rotatable bonds is 5. The molecule has 0 aliphatic carbocycles. The second kappa shape index (κ2) is 8.01. The lowest BCUT2D eigenvalue weighted by atomic mass is 10.1. The highest BCUT2D eigenvalue weighted by Gasteiger charge is 2.13. The molecule has 1 saturated heterocycles. The third-order valence-electron chi connectivity index (χ3n) is 4.49. The normalized spacial score (nSPS) is 16.2. The third kappa shape index (κ3) is 4.72. The molecular formula is C19H25BrN4. The van der Waals surface area contributed by atoms with Crippen molar-refractivity contribution in [2.75, 3.05) is 44.3 Å². The molecule has 2 aromatic rings. The van der Waals surface area contributed by atoms with Crippen LogP contribution in [0.15, 0.2) is 46.9 Å². The second-order valence-corrected chi connectivity index (χ2v) is 7.40. The van der Waals surface area contributed by atoms with Crippen LogP contribution in [-0.2, 0) is 13.1 Å². The van der Waals surface area contributed by atoms with Crippen LogP contribution in [0.4, 0.5) is 11.4 Å². The number of anilines is 2. The molecule has 0 atom stereocenters. The van der Waals surface area contributed by atoms with Gasteiger partial charge in [0.2, 0.25) is 0 Å². The first-order valence-corrected chi connectivity index (χ1v) is 9.17. The fourth-order valence-electron chi connectivity index (χ4n) is 2.98. The smallest absolute Gasteiger partial charge is 0.0587 e. The van der Waals surface area contributed by atoms with Crippen molar-refractivity contribution < 1.29 is 0 Å². The van der Waals surface area contributed by atoms with Gasteiger partial charge in [-0.15, -0.1) is 0 Å². The fourth-order valence-corrected chi connectivity index (χ4v) is 3.34. The zero-order chi connectivity index (χ0) is 16.9. The molecule has 5 heteroatoms. The lowest BCUT2D eigenvalue weighted by Crippen LogP contribution is -2.43. The highest BCUT2D eigenvalue weighted by Crippen LogP contribution is 2.24. The lowest BCUT2D eigenvalue weighted by molar-refractivity contribution is 0.148. The van der Waals surface area contributed by atoms with Crippen LogP contribution in [0.25, 0.3) is 0 Å². The molecule has 0 bridgehead atoms. The van der Waals surface area contributed by atoms with Gasteiger partial charge >= 0.3 is 0 Å².